The Kier molecular flexibility index (Phi) is 6.60. The first-order valence-corrected chi connectivity index (χ1v) is 8.70. The lowest BCUT2D eigenvalue weighted by atomic mass is 10.0. The molecule has 0 aliphatic rings. The van der Waals surface area contributed by atoms with Crippen molar-refractivity contribution in [3.63, 3.8) is 0 Å². The molecule has 0 saturated carbocycles. The van der Waals surface area contributed by atoms with E-state index in [1.165, 1.54) is 11.9 Å². The fourth-order valence-electron chi connectivity index (χ4n) is 2.89. The van der Waals surface area contributed by atoms with Crippen LogP contribution in [-0.2, 0) is 19.4 Å². The van der Waals surface area contributed by atoms with Gasteiger partial charge in [0.05, 0.1) is 5.69 Å². The van der Waals surface area contributed by atoms with Gasteiger partial charge < -0.3 is 15.8 Å². The highest BCUT2D eigenvalue weighted by Crippen LogP contribution is 2.34. The fourth-order valence-corrected chi connectivity index (χ4v) is 2.89. The minimum absolute atomic E-state index is 0.325. The standard InChI is InChI=1S/C20H26N4O2/c1-4-15-11-12-17(26-13-14-9-7-6-8-10-14)16(5-2)18(15)24(19(21)22)20(25)23-3/h6-12H,4-5,13H2,1-3H3,(H3,21,22)(H,23,25). The van der Waals surface area contributed by atoms with E-state index in [-0.39, 0.29) is 5.96 Å². The van der Waals surface area contributed by atoms with Crippen LogP contribution in [0.5, 0.6) is 5.75 Å². The van der Waals surface area contributed by atoms with Gasteiger partial charge in [-0.1, -0.05) is 50.2 Å². The normalized spacial score (nSPS) is 10.3. The second-order valence-electron chi connectivity index (χ2n) is 5.81. The number of anilines is 1. The molecule has 2 rings (SSSR count). The van der Waals surface area contributed by atoms with E-state index in [0.29, 0.717) is 30.9 Å². The molecule has 0 saturated heterocycles. The van der Waals surface area contributed by atoms with Gasteiger partial charge in [0.2, 0.25) is 5.96 Å². The highest BCUT2D eigenvalue weighted by Gasteiger charge is 2.25. The zero-order valence-corrected chi connectivity index (χ0v) is 15.5. The minimum Gasteiger partial charge on any atom is -0.489 e. The van der Waals surface area contributed by atoms with Gasteiger partial charge in [0, 0.05) is 12.6 Å². The molecule has 2 aromatic rings. The van der Waals surface area contributed by atoms with Crippen LogP contribution in [0.4, 0.5) is 10.5 Å². The number of aryl methyl sites for hydroxylation is 1. The largest absolute Gasteiger partial charge is 0.489 e. The van der Waals surface area contributed by atoms with Gasteiger partial charge >= 0.3 is 6.03 Å². The number of nitrogens with one attached hydrogen (secondary N) is 2. The monoisotopic (exact) mass is 354 g/mol. The zero-order chi connectivity index (χ0) is 19.1. The van der Waals surface area contributed by atoms with E-state index >= 15 is 0 Å². The van der Waals surface area contributed by atoms with Crippen LogP contribution < -0.4 is 20.7 Å². The Bertz CT molecular complexity index is 775. The van der Waals surface area contributed by atoms with Gasteiger partial charge in [0.15, 0.2) is 0 Å². The fraction of sp³-hybridized carbons (Fsp3) is 0.300. The van der Waals surface area contributed by atoms with Crippen LogP contribution in [0.1, 0.15) is 30.5 Å². The van der Waals surface area contributed by atoms with E-state index in [1.807, 2.05) is 56.3 Å². The van der Waals surface area contributed by atoms with Gasteiger partial charge in [-0.2, -0.15) is 0 Å². The molecule has 0 fully saturated rings. The molecule has 0 atom stereocenters. The van der Waals surface area contributed by atoms with Crippen molar-refractivity contribution in [3.05, 3.63) is 59.2 Å². The third-order valence-corrected chi connectivity index (χ3v) is 4.18. The second-order valence-corrected chi connectivity index (χ2v) is 5.81. The van der Waals surface area contributed by atoms with E-state index in [9.17, 15) is 4.79 Å². The minimum atomic E-state index is -0.442. The second kappa shape index (κ2) is 8.89. The average molecular weight is 354 g/mol. The summed E-state index contributed by atoms with van der Waals surface area (Å²) in [5, 5.41) is 10.4. The van der Waals surface area contributed by atoms with Crippen LogP contribution in [0.25, 0.3) is 0 Å². The molecule has 4 N–H and O–H groups in total. The van der Waals surface area contributed by atoms with E-state index < -0.39 is 6.03 Å². The quantitative estimate of drug-likeness (QED) is 0.548. The summed E-state index contributed by atoms with van der Waals surface area (Å²) in [7, 11) is 1.52. The molecule has 0 aromatic heterocycles. The molecular weight excluding hydrogens is 328 g/mol. The SMILES string of the molecule is CCc1ccc(OCc2ccccc2)c(CC)c1N(C(=N)N)C(=O)NC. The molecule has 0 bridgehead atoms. The lowest BCUT2D eigenvalue weighted by Gasteiger charge is -2.27. The number of amides is 2. The third-order valence-electron chi connectivity index (χ3n) is 4.18. The highest BCUT2D eigenvalue weighted by atomic mass is 16.5. The van der Waals surface area contributed by atoms with E-state index in [1.54, 1.807) is 0 Å². The summed E-state index contributed by atoms with van der Waals surface area (Å²) < 4.78 is 6.03. The van der Waals surface area contributed by atoms with Crippen molar-refractivity contribution in [2.45, 2.75) is 33.3 Å². The van der Waals surface area contributed by atoms with Crippen molar-refractivity contribution in [1.82, 2.24) is 5.32 Å². The Morgan fingerprint density at radius 3 is 2.38 bits per heavy atom. The summed E-state index contributed by atoms with van der Waals surface area (Å²) in [5.41, 5.74) is 9.21. The number of carbonyl (C=O) groups is 1. The molecule has 0 unspecified atom stereocenters. The van der Waals surface area contributed by atoms with Crippen LogP contribution in [0, 0.1) is 5.41 Å². The van der Waals surface area contributed by atoms with Crippen molar-refractivity contribution in [2.75, 3.05) is 11.9 Å². The molecule has 0 aliphatic heterocycles. The Labute approximate surface area is 154 Å². The molecule has 2 amide bonds. The molecule has 138 valence electrons. The molecule has 0 heterocycles. The molecule has 0 radical (unpaired) electrons. The number of benzene rings is 2. The molecule has 6 nitrogen and oxygen atoms in total. The van der Waals surface area contributed by atoms with E-state index in [0.717, 1.165) is 16.7 Å². The number of hydrogen-bond acceptors (Lipinski definition) is 3. The molecule has 2 aromatic carbocycles. The molecule has 26 heavy (non-hydrogen) atoms. The number of ether oxygens (including phenoxy) is 1. The summed E-state index contributed by atoms with van der Waals surface area (Å²) in [6.07, 6.45) is 1.36. The highest BCUT2D eigenvalue weighted by molar-refractivity contribution is 6.15. The summed E-state index contributed by atoms with van der Waals surface area (Å²) >= 11 is 0. The Hall–Kier alpha value is -3.02. The number of nitrogens with two attached hydrogens (primary N) is 1. The van der Waals surface area contributed by atoms with Crippen LogP contribution >= 0.6 is 0 Å². The number of guanidine groups is 1. The van der Waals surface area contributed by atoms with Gasteiger partial charge in [-0.15, -0.1) is 0 Å². The smallest absolute Gasteiger partial charge is 0.328 e. The Balaban J connectivity index is 2.48. The van der Waals surface area contributed by atoms with Crippen molar-refractivity contribution in [2.24, 2.45) is 5.73 Å². The summed E-state index contributed by atoms with van der Waals surface area (Å²) in [6, 6.07) is 13.3. The lowest BCUT2D eigenvalue weighted by Crippen LogP contribution is -2.47. The van der Waals surface area contributed by atoms with Gasteiger partial charge in [0.1, 0.15) is 12.4 Å². The molecule has 6 heteroatoms. The van der Waals surface area contributed by atoms with Gasteiger partial charge in [-0.05, 0) is 30.0 Å². The van der Waals surface area contributed by atoms with Crippen LogP contribution in [0.3, 0.4) is 0 Å². The summed E-state index contributed by atoms with van der Waals surface area (Å²) in [6.45, 7) is 4.43. The first kappa shape index (κ1) is 19.3. The summed E-state index contributed by atoms with van der Waals surface area (Å²) in [5.74, 6) is 0.368. The van der Waals surface area contributed by atoms with Gasteiger partial charge in [0.25, 0.3) is 0 Å². The zero-order valence-electron chi connectivity index (χ0n) is 15.5. The van der Waals surface area contributed by atoms with Crippen LogP contribution in [0.15, 0.2) is 42.5 Å². The number of nitrogens with zero attached hydrogens (tertiary/aromatic N) is 1. The third kappa shape index (κ3) is 4.14. The van der Waals surface area contributed by atoms with Crippen molar-refractivity contribution >= 4 is 17.7 Å². The topological polar surface area (TPSA) is 91.4 Å². The number of hydrogen-bond donors (Lipinski definition) is 3. The van der Waals surface area contributed by atoms with Crippen molar-refractivity contribution < 1.29 is 9.53 Å². The first-order chi connectivity index (χ1) is 12.5. The number of urea groups is 1. The molecular formula is C20H26N4O2. The van der Waals surface area contributed by atoms with Crippen LogP contribution in [0.2, 0.25) is 0 Å². The average Bonchev–Trinajstić information content (AvgIpc) is 2.66. The Morgan fingerprint density at radius 1 is 1.15 bits per heavy atom. The van der Waals surface area contributed by atoms with Crippen molar-refractivity contribution in [1.29, 1.82) is 5.41 Å². The molecule has 0 spiro atoms. The maximum atomic E-state index is 12.3. The van der Waals surface area contributed by atoms with Crippen LogP contribution in [-0.4, -0.2) is 19.0 Å². The van der Waals surface area contributed by atoms with Crippen molar-refractivity contribution in [3.8, 4) is 5.75 Å². The lowest BCUT2D eigenvalue weighted by molar-refractivity contribution is 0.250. The predicted octanol–water partition coefficient (Wildman–Crippen LogP) is 3.43. The summed E-state index contributed by atoms with van der Waals surface area (Å²) in [4.78, 5) is 13.5. The number of carbonyl (C=O) groups excluding carboxylic acids is 1. The number of rotatable bonds is 6. The van der Waals surface area contributed by atoms with Gasteiger partial charge in [-0.3, -0.25) is 5.41 Å². The Morgan fingerprint density at radius 2 is 1.85 bits per heavy atom. The van der Waals surface area contributed by atoms with E-state index in [2.05, 4.69) is 5.32 Å². The first-order valence-electron chi connectivity index (χ1n) is 8.70. The predicted molar refractivity (Wildman–Crippen MR) is 105 cm³/mol. The van der Waals surface area contributed by atoms with E-state index in [4.69, 9.17) is 15.9 Å². The van der Waals surface area contributed by atoms with Gasteiger partial charge in [-0.25, -0.2) is 9.69 Å². The maximum Gasteiger partial charge on any atom is 0.328 e. The maximum absolute atomic E-state index is 12.3. The molecule has 0 aliphatic carbocycles.